The molecule has 26 heavy (non-hydrogen) atoms. The number of rotatable bonds is 5. The van der Waals surface area contributed by atoms with Crippen LogP contribution < -0.4 is 4.90 Å². The molecule has 1 atom stereocenters. The number of halogens is 3. The van der Waals surface area contributed by atoms with Gasteiger partial charge in [0, 0.05) is 32.0 Å². The average Bonchev–Trinajstić information content (AvgIpc) is 2.66. The van der Waals surface area contributed by atoms with Crippen LogP contribution in [0.1, 0.15) is 25.5 Å². The van der Waals surface area contributed by atoms with Gasteiger partial charge in [-0.3, -0.25) is 4.98 Å². The van der Waals surface area contributed by atoms with Crippen molar-refractivity contribution in [2.24, 2.45) is 5.92 Å². The molecule has 8 heteroatoms. The molecular formula is C18H21F3N4O. The minimum absolute atomic E-state index is 0.0117. The Bertz CT molecular complexity index is 724. The van der Waals surface area contributed by atoms with E-state index in [0.29, 0.717) is 32.0 Å². The smallest absolute Gasteiger partial charge is 0.381 e. The van der Waals surface area contributed by atoms with Crippen LogP contribution in [0.4, 0.5) is 19.0 Å². The van der Waals surface area contributed by atoms with E-state index in [0.717, 1.165) is 18.9 Å². The van der Waals surface area contributed by atoms with Crippen LogP contribution in [0.5, 0.6) is 0 Å². The zero-order valence-electron chi connectivity index (χ0n) is 14.5. The third kappa shape index (κ3) is 4.49. The molecule has 140 valence electrons. The van der Waals surface area contributed by atoms with Gasteiger partial charge in [-0.1, -0.05) is 6.07 Å². The van der Waals surface area contributed by atoms with Gasteiger partial charge in [0.2, 0.25) is 0 Å². The summed E-state index contributed by atoms with van der Waals surface area (Å²) in [6.45, 7) is 4.46. The largest absolute Gasteiger partial charge is 0.433 e. The molecule has 1 aliphatic rings. The molecule has 2 aromatic rings. The molecule has 0 bridgehead atoms. The molecule has 0 saturated carbocycles. The molecule has 0 amide bonds. The first kappa shape index (κ1) is 18.6. The number of nitrogens with zero attached hydrogens (tertiary/aromatic N) is 4. The highest BCUT2D eigenvalue weighted by Crippen LogP contribution is 2.32. The summed E-state index contributed by atoms with van der Waals surface area (Å²) in [6.07, 6.45) is -1.14. The lowest BCUT2D eigenvalue weighted by atomic mass is 9.99. The number of alkyl halides is 3. The zero-order chi connectivity index (χ0) is 18.6. The Morgan fingerprint density at radius 3 is 2.81 bits per heavy atom. The van der Waals surface area contributed by atoms with Crippen LogP contribution in [-0.4, -0.2) is 41.3 Å². The van der Waals surface area contributed by atoms with E-state index in [2.05, 4.69) is 15.0 Å². The summed E-state index contributed by atoms with van der Waals surface area (Å²) >= 11 is 0. The maximum Gasteiger partial charge on any atom is 0.433 e. The topological polar surface area (TPSA) is 51.1 Å². The molecule has 1 unspecified atom stereocenters. The van der Waals surface area contributed by atoms with Crippen molar-refractivity contribution in [3.8, 4) is 11.5 Å². The lowest BCUT2D eigenvalue weighted by Crippen LogP contribution is -2.38. The molecule has 2 aromatic heterocycles. The van der Waals surface area contributed by atoms with Crippen molar-refractivity contribution in [2.45, 2.75) is 25.9 Å². The van der Waals surface area contributed by atoms with Crippen molar-refractivity contribution < 1.29 is 17.9 Å². The number of hydrogen-bond acceptors (Lipinski definition) is 5. The van der Waals surface area contributed by atoms with Gasteiger partial charge in [0.15, 0.2) is 11.5 Å². The van der Waals surface area contributed by atoms with E-state index in [9.17, 15) is 13.2 Å². The van der Waals surface area contributed by atoms with Crippen molar-refractivity contribution in [2.75, 3.05) is 31.2 Å². The number of anilines is 1. The van der Waals surface area contributed by atoms with E-state index in [1.165, 1.54) is 6.20 Å². The molecule has 0 aliphatic carbocycles. The Morgan fingerprint density at radius 1 is 1.27 bits per heavy atom. The minimum Gasteiger partial charge on any atom is -0.381 e. The highest BCUT2D eigenvalue weighted by molar-refractivity contribution is 5.54. The lowest BCUT2D eigenvalue weighted by Gasteiger charge is -2.33. The van der Waals surface area contributed by atoms with Gasteiger partial charge >= 0.3 is 6.18 Å². The Balaban J connectivity index is 1.93. The summed E-state index contributed by atoms with van der Waals surface area (Å²) in [5, 5.41) is 0. The summed E-state index contributed by atoms with van der Waals surface area (Å²) in [6, 6.07) is 6.02. The molecule has 0 N–H and O–H groups in total. The Morgan fingerprint density at radius 2 is 2.12 bits per heavy atom. The normalized spacial score (nSPS) is 18.2. The zero-order valence-corrected chi connectivity index (χ0v) is 14.5. The Kier molecular flexibility index (Phi) is 5.70. The van der Waals surface area contributed by atoms with Gasteiger partial charge in [-0.15, -0.1) is 0 Å². The second kappa shape index (κ2) is 7.99. The highest BCUT2D eigenvalue weighted by atomic mass is 19.4. The van der Waals surface area contributed by atoms with Crippen molar-refractivity contribution >= 4 is 5.82 Å². The van der Waals surface area contributed by atoms with Crippen LogP contribution in [0.25, 0.3) is 11.5 Å². The van der Waals surface area contributed by atoms with Gasteiger partial charge < -0.3 is 9.64 Å². The van der Waals surface area contributed by atoms with Gasteiger partial charge in [0.05, 0.1) is 6.61 Å². The van der Waals surface area contributed by atoms with Gasteiger partial charge in [-0.25, -0.2) is 9.97 Å². The molecule has 5 nitrogen and oxygen atoms in total. The second-order valence-electron chi connectivity index (χ2n) is 6.26. The molecule has 0 radical (unpaired) electrons. The third-order valence-electron chi connectivity index (χ3n) is 4.30. The van der Waals surface area contributed by atoms with Gasteiger partial charge in [0.1, 0.15) is 11.5 Å². The molecule has 1 aliphatic heterocycles. The summed E-state index contributed by atoms with van der Waals surface area (Å²) in [5.74, 6) is 0.558. The maximum atomic E-state index is 13.3. The summed E-state index contributed by atoms with van der Waals surface area (Å²) in [7, 11) is 0. The van der Waals surface area contributed by atoms with E-state index in [4.69, 9.17) is 4.74 Å². The fourth-order valence-electron chi connectivity index (χ4n) is 3.04. The monoisotopic (exact) mass is 366 g/mol. The van der Waals surface area contributed by atoms with Gasteiger partial charge in [-0.2, -0.15) is 13.2 Å². The van der Waals surface area contributed by atoms with Crippen molar-refractivity contribution in [3.63, 3.8) is 0 Å². The summed E-state index contributed by atoms with van der Waals surface area (Å²) in [4.78, 5) is 14.0. The summed E-state index contributed by atoms with van der Waals surface area (Å²) in [5.41, 5.74) is -0.627. The van der Waals surface area contributed by atoms with Crippen LogP contribution in [0.2, 0.25) is 0 Å². The predicted octanol–water partition coefficient (Wildman–Crippen LogP) is 3.81. The fourth-order valence-corrected chi connectivity index (χ4v) is 3.04. The van der Waals surface area contributed by atoms with Crippen LogP contribution >= 0.6 is 0 Å². The van der Waals surface area contributed by atoms with Crippen molar-refractivity contribution in [1.82, 2.24) is 15.0 Å². The predicted molar refractivity (Wildman–Crippen MR) is 91.7 cm³/mol. The number of pyridine rings is 1. The van der Waals surface area contributed by atoms with E-state index in [-0.39, 0.29) is 17.6 Å². The minimum atomic E-state index is -4.54. The molecule has 3 heterocycles. The summed E-state index contributed by atoms with van der Waals surface area (Å²) < 4.78 is 45.5. The van der Waals surface area contributed by atoms with E-state index in [1.807, 2.05) is 11.8 Å². The standard InChI is InChI=1S/C18H21F3N4O/c1-2-26-12-13-6-5-9-25(11-13)16-10-15(18(19,20)21)23-17(24-16)14-7-3-4-8-22-14/h3-4,7-8,10,13H,2,5-6,9,11-12H2,1H3. The molecular weight excluding hydrogens is 345 g/mol. The van der Waals surface area contributed by atoms with Gasteiger partial charge in [-0.05, 0) is 37.8 Å². The maximum absolute atomic E-state index is 13.3. The van der Waals surface area contributed by atoms with E-state index < -0.39 is 11.9 Å². The highest BCUT2D eigenvalue weighted by Gasteiger charge is 2.35. The van der Waals surface area contributed by atoms with Crippen LogP contribution in [0.3, 0.4) is 0 Å². The Hall–Kier alpha value is -2.22. The molecule has 3 rings (SSSR count). The molecule has 1 fully saturated rings. The lowest BCUT2D eigenvalue weighted by molar-refractivity contribution is -0.141. The number of aromatic nitrogens is 3. The first-order chi connectivity index (χ1) is 12.5. The Labute approximate surface area is 150 Å². The first-order valence-corrected chi connectivity index (χ1v) is 8.67. The SMILES string of the molecule is CCOCC1CCCN(c2cc(C(F)(F)F)nc(-c3ccccn3)n2)C1. The van der Waals surface area contributed by atoms with E-state index in [1.54, 1.807) is 18.2 Å². The van der Waals surface area contributed by atoms with Gasteiger partial charge in [0.25, 0.3) is 0 Å². The van der Waals surface area contributed by atoms with Crippen LogP contribution in [-0.2, 0) is 10.9 Å². The number of piperidine rings is 1. The van der Waals surface area contributed by atoms with Crippen molar-refractivity contribution in [1.29, 1.82) is 0 Å². The van der Waals surface area contributed by atoms with Crippen LogP contribution in [0, 0.1) is 5.92 Å². The van der Waals surface area contributed by atoms with Crippen molar-refractivity contribution in [3.05, 3.63) is 36.2 Å². The quantitative estimate of drug-likeness (QED) is 0.805. The average molecular weight is 366 g/mol. The molecule has 1 saturated heterocycles. The van der Waals surface area contributed by atoms with Crippen LogP contribution in [0.15, 0.2) is 30.5 Å². The third-order valence-corrected chi connectivity index (χ3v) is 4.30. The molecule has 0 spiro atoms. The number of ether oxygens (including phenoxy) is 1. The molecule has 0 aromatic carbocycles. The fraction of sp³-hybridized carbons (Fsp3) is 0.500. The number of hydrogen-bond donors (Lipinski definition) is 0. The first-order valence-electron chi connectivity index (χ1n) is 8.67. The second-order valence-corrected chi connectivity index (χ2v) is 6.26. The van der Waals surface area contributed by atoms with E-state index >= 15 is 0 Å².